The Morgan fingerprint density at radius 1 is 1.07 bits per heavy atom. The van der Waals surface area contributed by atoms with Gasteiger partial charge in [0.1, 0.15) is 12.4 Å². The molecule has 0 radical (unpaired) electrons. The van der Waals surface area contributed by atoms with E-state index >= 15 is 0 Å². The van der Waals surface area contributed by atoms with Gasteiger partial charge in [0.2, 0.25) is 5.91 Å². The van der Waals surface area contributed by atoms with Crippen LogP contribution in [0, 0.1) is 5.82 Å². The molecule has 152 valence electrons. The number of nitrogens with zero attached hydrogens (tertiary/aromatic N) is 1. The second-order valence-electron chi connectivity index (χ2n) is 6.70. The molecule has 1 amide bonds. The Labute approximate surface area is 180 Å². The number of fused-ring (bicyclic) bond motifs is 2. The number of halogens is 2. The molecule has 3 aromatic carbocycles. The van der Waals surface area contributed by atoms with Gasteiger partial charge < -0.3 is 14.6 Å². The monoisotopic (exact) mass is 468 g/mol. The lowest BCUT2D eigenvalue weighted by Gasteiger charge is -2.17. The van der Waals surface area contributed by atoms with Crippen molar-refractivity contribution < 1.29 is 13.9 Å². The van der Waals surface area contributed by atoms with Crippen LogP contribution >= 0.6 is 15.9 Å². The van der Waals surface area contributed by atoms with Crippen molar-refractivity contribution in [3.8, 4) is 5.75 Å². The zero-order valence-electron chi connectivity index (χ0n) is 16.1. The Balaban J connectivity index is 1.78. The molecule has 7 heteroatoms. The summed E-state index contributed by atoms with van der Waals surface area (Å²) in [5.74, 6) is -0.505. The molecule has 0 bridgehead atoms. The molecule has 4 rings (SSSR count). The van der Waals surface area contributed by atoms with Crippen molar-refractivity contribution in [2.75, 3.05) is 11.9 Å². The molecule has 1 heterocycles. The highest BCUT2D eigenvalue weighted by Gasteiger charge is 2.16. The number of amides is 1. The summed E-state index contributed by atoms with van der Waals surface area (Å²) in [6.07, 6.45) is 0. The number of hydrogen-bond acceptors (Lipinski definition) is 3. The average Bonchev–Trinajstić information content (AvgIpc) is 2.73. The number of pyridine rings is 1. The SMILES string of the molecule is CCOc1c(Br)cc(F)cc1NC(=O)Cn1c2ccccc2c(=O)c2ccccc21. The lowest BCUT2D eigenvalue weighted by atomic mass is 10.1. The van der Waals surface area contributed by atoms with Crippen molar-refractivity contribution in [3.63, 3.8) is 0 Å². The fourth-order valence-electron chi connectivity index (χ4n) is 3.52. The molecule has 0 fully saturated rings. The number of carbonyl (C=O) groups excluding carboxylic acids is 1. The predicted octanol–water partition coefficient (Wildman–Crippen LogP) is 5.09. The molecular weight excluding hydrogens is 451 g/mol. The number of hydrogen-bond donors (Lipinski definition) is 1. The van der Waals surface area contributed by atoms with Crippen LogP contribution in [0.3, 0.4) is 0 Å². The van der Waals surface area contributed by atoms with Crippen molar-refractivity contribution in [1.29, 1.82) is 0 Å². The third-order valence-corrected chi connectivity index (χ3v) is 5.34. The van der Waals surface area contributed by atoms with E-state index in [9.17, 15) is 14.0 Å². The summed E-state index contributed by atoms with van der Waals surface area (Å²) in [6, 6.07) is 16.8. The van der Waals surface area contributed by atoms with Crippen LogP contribution in [0.25, 0.3) is 21.8 Å². The minimum Gasteiger partial charge on any atom is -0.491 e. The summed E-state index contributed by atoms with van der Waals surface area (Å²) < 4.78 is 21.7. The zero-order chi connectivity index (χ0) is 21.3. The largest absolute Gasteiger partial charge is 0.491 e. The van der Waals surface area contributed by atoms with E-state index in [0.29, 0.717) is 38.6 Å². The number of carbonyl (C=O) groups is 1. The highest BCUT2D eigenvalue weighted by Crippen LogP contribution is 2.34. The van der Waals surface area contributed by atoms with E-state index in [4.69, 9.17) is 4.74 Å². The van der Waals surface area contributed by atoms with Gasteiger partial charge in [-0.1, -0.05) is 24.3 Å². The van der Waals surface area contributed by atoms with Gasteiger partial charge in [-0.05, 0) is 53.2 Å². The molecule has 0 saturated heterocycles. The molecule has 0 unspecified atom stereocenters. The molecule has 4 aromatic rings. The van der Waals surface area contributed by atoms with E-state index in [1.807, 2.05) is 12.1 Å². The van der Waals surface area contributed by atoms with Gasteiger partial charge in [0.25, 0.3) is 0 Å². The lowest BCUT2D eigenvalue weighted by Crippen LogP contribution is -2.22. The lowest BCUT2D eigenvalue weighted by molar-refractivity contribution is -0.116. The van der Waals surface area contributed by atoms with E-state index in [-0.39, 0.29) is 23.6 Å². The standard InChI is InChI=1S/C23H18BrFN2O3/c1-2-30-23-17(24)11-14(25)12-18(23)26-21(28)13-27-19-9-5-3-7-15(19)22(29)16-8-4-6-10-20(16)27/h3-12H,2,13H2,1H3,(H,26,28). The van der Waals surface area contributed by atoms with Crippen LogP contribution in [0.5, 0.6) is 5.75 Å². The van der Waals surface area contributed by atoms with Gasteiger partial charge in [-0.25, -0.2) is 4.39 Å². The van der Waals surface area contributed by atoms with Crippen LogP contribution in [-0.4, -0.2) is 17.1 Å². The first-order chi connectivity index (χ1) is 14.5. The van der Waals surface area contributed by atoms with Crippen LogP contribution in [-0.2, 0) is 11.3 Å². The highest BCUT2D eigenvalue weighted by molar-refractivity contribution is 9.10. The first kappa shape index (κ1) is 20.1. The number of ether oxygens (including phenoxy) is 1. The quantitative estimate of drug-likeness (QED) is 0.414. The Bertz CT molecular complexity index is 1270. The number of benzene rings is 3. The summed E-state index contributed by atoms with van der Waals surface area (Å²) >= 11 is 3.27. The fourth-order valence-corrected chi connectivity index (χ4v) is 4.07. The summed E-state index contributed by atoms with van der Waals surface area (Å²) in [5, 5.41) is 3.81. The molecule has 1 N–H and O–H groups in total. The van der Waals surface area contributed by atoms with Crippen molar-refractivity contribution in [3.05, 3.63) is 81.2 Å². The maximum absolute atomic E-state index is 13.9. The molecule has 1 aromatic heterocycles. The molecule has 0 spiro atoms. The average molecular weight is 469 g/mol. The Kier molecular flexibility index (Phi) is 5.55. The predicted molar refractivity (Wildman–Crippen MR) is 120 cm³/mol. The Hall–Kier alpha value is -3.19. The summed E-state index contributed by atoms with van der Waals surface area (Å²) in [4.78, 5) is 25.8. The van der Waals surface area contributed by atoms with E-state index in [2.05, 4.69) is 21.2 Å². The second-order valence-corrected chi connectivity index (χ2v) is 7.55. The number of rotatable bonds is 5. The number of anilines is 1. The van der Waals surface area contributed by atoms with Crippen molar-refractivity contribution in [2.24, 2.45) is 0 Å². The Morgan fingerprint density at radius 3 is 2.27 bits per heavy atom. The van der Waals surface area contributed by atoms with Gasteiger partial charge in [-0.15, -0.1) is 0 Å². The summed E-state index contributed by atoms with van der Waals surface area (Å²) in [7, 11) is 0. The molecule has 0 aliphatic rings. The van der Waals surface area contributed by atoms with Crippen LogP contribution in [0.4, 0.5) is 10.1 Å². The summed E-state index contributed by atoms with van der Waals surface area (Å²) in [6.45, 7) is 2.11. The van der Waals surface area contributed by atoms with Gasteiger partial charge in [0, 0.05) is 16.8 Å². The number of aromatic nitrogens is 1. The molecule has 0 saturated carbocycles. The van der Waals surface area contributed by atoms with Crippen molar-refractivity contribution in [1.82, 2.24) is 4.57 Å². The van der Waals surface area contributed by atoms with Crippen molar-refractivity contribution >= 4 is 49.3 Å². The van der Waals surface area contributed by atoms with Gasteiger partial charge in [0.15, 0.2) is 11.2 Å². The molecule has 5 nitrogen and oxygen atoms in total. The summed E-state index contributed by atoms with van der Waals surface area (Å²) in [5.41, 5.74) is 1.47. The van der Waals surface area contributed by atoms with Crippen LogP contribution in [0.2, 0.25) is 0 Å². The minimum absolute atomic E-state index is 0.0546. The van der Waals surface area contributed by atoms with E-state index < -0.39 is 5.82 Å². The third-order valence-electron chi connectivity index (χ3n) is 4.75. The molecule has 0 atom stereocenters. The van der Waals surface area contributed by atoms with Crippen molar-refractivity contribution in [2.45, 2.75) is 13.5 Å². The van der Waals surface area contributed by atoms with Gasteiger partial charge in [-0.2, -0.15) is 0 Å². The van der Waals surface area contributed by atoms with E-state index in [0.717, 1.165) is 0 Å². The maximum atomic E-state index is 13.9. The van der Waals surface area contributed by atoms with Gasteiger partial charge in [-0.3, -0.25) is 9.59 Å². The highest BCUT2D eigenvalue weighted by atomic mass is 79.9. The molecule has 30 heavy (non-hydrogen) atoms. The minimum atomic E-state index is -0.500. The number of nitrogens with one attached hydrogen (secondary N) is 1. The first-order valence-electron chi connectivity index (χ1n) is 9.41. The maximum Gasteiger partial charge on any atom is 0.244 e. The number of para-hydroxylation sites is 2. The molecular formula is C23H18BrFN2O3. The second kappa shape index (κ2) is 8.28. The van der Waals surface area contributed by atoms with Gasteiger partial charge >= 0.3 is 0 Å². The van der Waals surface area contributed by atoms with Crippen LogP contribution < -0.4 is 15.5 Å². The fraction of sp³-hybridized carbons (Fsp3) is 0.130. The molecule has 0 aliphatic heterocycles. The molecule has 0 aliphatic carbocycles. The van der Waals surface area contributed by atoms with E-state index in [1.54, 1.807) is 47.9 Å². The van der Waals surface area contributed by atoms with Gasteiger partial charge in [0.05, 0.1) is 27.8 Å². The zero-order valence-corrected chi connectivity index (χ0v) is 17.7. The topological polar surface area (TPSA) is 60.3 Å². The van der Waals surface area contributed by atoms with Crippen LogP contribution in [0.15, 0.2) is 69.9 Å². The van der Waals surface area contributed by atoms with Crippen LogP contribution in [0.1, 0.15) is 6.92 Å². The first-order valence-corrected chi connectivity index (χ1v) is 10.2. The smallest absolute Gasteiger partial charge is 0.244 e. The normalized spacial score (nSPS) is 11.0. The Morgan fingerprint density at radius 2 is 1.67 bits per heavy atom. The van der Waals surface area contributed by atoms with E-state index in [1.165, 1.54) is 12.1 Å². The third kappa shape index (κ3) is 3.68.